The molecule has 2 aromatic rings. The molecule has 94 valence electrons. The first kappa shape index (κ1) is 12.6. The Bertz CT molecular complexity index is 533. The van der Waals surface area contributed by atoms with Crippen molar-refractivity contribution >= 4 is 17.3 Å². The van der Waals surface area contributed by atoms with Gasteiger partial charge in [0.1, 0.15) is 10.8 Å². The Balaban J connectivity index is 1.99. The van der Waals surface area contributed by atoms with Gasteiger partial charge in [0, 0.05) is 16.6 Å². The summed E-state index contributed by atoms with van der Waals surface area (Å²) in [5.74, 6) is -0.182. The van der Waals surface area contributed by atoms with E-state index < -0.39 is 5.97 Å². The van der Waals surface area contributed by atoms with E-state index >= 15 is 0 Å². The largest absolute Gasteiger partial charge is 0.493 e. The lowest BCUT2D eigenvalue weighted by atomic mass is 10.2. The molecule has 0 saturated heterocycles. The summed E-state index contributed by atoms with van der Waals surface area (Å²) in [6.45, 7) is 2.15. The van der Waals surface area contributed by atoms with Gasteiger partial charge < -0.3 is 9.84 Å². The molecule has 0 spiro atoms. The summed E-state index contributed by atoms with van der Waals surface area (Å²) >= 11 is 1.60. The Morgan fingerprint density at radius 3 is 2.67 bits per heavy atom. The van der Waals surface area contributed by atoms with E-state index in [1.54, 1.807) is 11.3 Å². The fourth-order valence-corrected chi connectivity index (χ4v) is 2.24. The summed E-state index contributed by atoms with van der Waals surface area (Å²) in [5, 5.41) is 11.5. The standard InChI is InChI=1S/C13H13NO3S/c1-9-8-18-13(14-9)10-2-4-11(5-3-10)17-7-6-12(15)16/h2-5,8H,6-7H2,1H3,(H,15,16). The molecule has 5 heteroatoms. The van der Waals surface area contributed by atoms with E-state index in [0.29, 0.717) is 5.75 Å². The minimum atomic E-state index is -0.857. The lowest BCUT2D eigenvalue weighted by molar-refractivity contribution is -0.137. The van der Waals surface area contributed by atoms with Crippen LogP contribution in [0.3, 0.4) is 0 Å². The minimum Gasteiger partial charge on any atom is -0.493 e. The van der Waals surface area contributed by atoms with Crippen LogP contribution in [0.1, 0.15) is 12.1 Å². The van der Waals surface area contributed by atoms with Crippen LogP contribution in [0.25, 0.3) is 10.6 Å². The Morgan fingerprint density at radius 1 is 1.39 bits per heavy atom. The number of benzene rings is 1. The Labute approximate surface area is 109 Å². The van der Waals surface area contributed by atoms with Crippen LogP contribution in [-0.4, -0.2) is 22.7 Å². The molecular weight excluding hydrogens is 250 g/mol. The minimum absolute atomic E-state index is 0.00737. The summed E-state index contributed by atoms with van der Waals surface area (Å²) in [7, 11) is 0. The fourth-order valence-electron chi connectivity index (χ4n) is 1.44. The maximum absolute atomic E-state index is 10.3. The number of thiazole rings is 1. The molecule has 0 fully saturated rings. The molecule has 1 aromatic carbocycles. The molecule has 2 rings (SSSR count). The Kier molecular flexibility index (Phi) is 3.94. The van der Waals surface area contributed by atoms with Crippen LogP contribution < -0.4 is 4.74 Å². The third-order valence-electron chi connectivity index (χ3n) is 2.30. The number of aryl methyl sites for hydroxylation is 1. The van der Waals surface area contributed by atoms with Gasteiger partial charge in [0.05, 0.1) is 13.0 Å². The highest BCUT2D eigenvalue weighted by Gasteiger charge is 2.03. The van der Waals surface area contributed by atoms with Gasteiger partial charge in [0.25, 0.3) is 0 Å². The molecule has 0 amide bonds. The maximum atomic E-state index is 10.3. The molecule has 0 unspecified atom stereocenters. The van der Waals surface area contributed by atoms with E-state index in [-0.39, 0.29) is 13.0 Å². The van der Waals surface area contributed by atoms with Crippen molar-refractivity contribution < 1.29 is 14.6 Å². The topological polar surface area (TPSA) is 59.4 Å². The molecule has 0 atom stereocenters. The number of rotatable bonds is 5. The number of hydrogen-bond acceptors (Lipinski definition) is 4. The first-order valence-corrected chi connectivity index (χ1v) is 6.40. The number of aromatic nitrogens is 1. The number of carboxylic acid groups (broad SMARTS) is 1. The van der Waals surface area contributed by atoms with Gasteiger partial charge in [-0.2, -0.15) is 0 Å². The lowest BCUT2D eigenvalue weighted by Crippen LogP contribution is -2.04. The smallest absolute Gasteiger partial charge is 0.306 e. The van der Waals surface area contributed by atoms with E-state index in [2.05, 4.69) is 4.98 Å². The summed E-state index contributed by atoms with van der Waals surface area (Å²) in [6, 6.07) is 7.50. The van der Waals surface area contributed by atoms with E-state index in [4.69, 9.17) is 9.84 Å². The van der Waals surface area contributed by atoms with Crippen molar-refractivity contribution in [2.45, 2.75) is 13.3 Å². The molecule has 1 heterocycles. The number of carbonyl (C=O) groups is 1. The molecule has 18 heavy (non-hydrogen) atoms. The average molecular weight is 263 g/mol. The van der Waals surface area contributed by atoms with E-state index in [1.165, 1.54) is 0 Å². The van der Waals surface area contributed by atoms with Gasteiger partial charge in [-0.05, 0) is 31.2 Å². The van der Waals surface area contributed by atoms with Gasteiger partial charge in [-0.3, -0.25) is 4.79 Å². The van der Waals surface area contributed by atoms with E-state index in [9.17, 15) is 4.79 Å². The molecule has 1 N–H and O–H groups in total. The second-order valence-electron chi connectivity index (χ2n) is 3.81. The average Bonchev–Trinajstić information content (AvgIpc) is 2.76. The van der Waals surface area contributed by atoms with Crippen molar-refractivity contribution in [1.82, 2.24) is 4.98 Å². The van der Waals surface area contributed by atoms with Crippen LogP contribution in [-0.2, 0) is 4.79 Å². The molecular formula is C13H13NO3S. The quantitative estimate of drug-likeness (QED) is 0.901. The van der Waals surface area contributed by atoms with Crippen molar-refractivity contribution in [3.8, 4) is 16.3 Å². The van der Waals surface area contributed by atoms with Crippen LogP contribution >= 0.6 is 11.3 Å². The summed E-state index contributed by atoms with van der Waals surface area (Å²) in [4.78, 5) is 14.7. The van der Waals surface area contributed by atoms with Crippen LogP contribution in [0.5, 0.6) is 5.75 Å². The van der Waals surface area contributed by atoms with Crippen molar-refractivity contribution in [3.63, 3.8) is 0 Å². The van der Waals surface area contributed by atoms with Gasteiger partial charge in [-0.1, -0.05) is 0 Å². The Morgan fingerprint density at radius 2 is 2.11 bits per heavy atom. The first-order valence-electron chi connectivity index (χ1n) is 5.52. The number of hydrogen-bond donors (Lipinski definition) is 1. The summed E-state index contributed by atoms with van der Waals surface area (Å²) in [6.07, 6.45) is 0.00737. The maximum Gasteiger partial charge on any atom is 0.306 e. The zero-order valence-electron chi connectivity index (χ0n) is 9.92. The van der Waals surface area contributed by atoms with Crippen molar-refractivity contribution in [2.24, 2.45) is 0 Å². The molecule has 0 radical (unpaired) electrons. The number of nitrogens with zero attached hydrogens (tertiary/aromatic N) is 1. The SMILES string of the molecule is Cc1csc(-c2ccc(OCCC(=O)O)cc2)n1. The predicted octanol–water partition coefficient (Wildman–Crippen LogP) is 2.97. The normalized spacial score (nSPS) is 10.3. The molecule has 0 saturated carbocycles. The van der Waals surface area contributed by atoms with Crippen LogP contribution in [0, 0.1) is 6.92 Å². The van der Waals surface area contributed by atoms with Gasteiger partial charge in [0.15, 0.2) is 0 Å². The third kappa shape index (κ3) is 3.30. The predicted molar refractivity (Wildman–Crippen MR) is 70.0 cm³/mol. The van der Waals surface area contributed by atoms with Crippen molar-refractivity contribution in [3.05, 3.63) is 35.3 Å². The summed E-state index contributed by atoms with van der Waals surface area (Å²) < 4.78 is 5.32. The molecule has 0 aliphatic heterocycles. The highest BCUT2D eigenvalue weighted by Crippen LogP contribution is 2.25. The lowest BCUT2D eigenvalue weighted by Gasteiger charge is -2.04. The second-order valence-corrected chi connectivity index (χ2v) is 4.67. The Hall–Kier alpha value is -1.88. The number of carboxylic acids is 1. The molecule has 4 nitrogen and oxygen atoms in total. The molecule has 0 aliphatic rings. The number of ether oxygens (including phenoxy) is 1. The van der Waals surface area contributed by atoms with E-state index in [0.717, 1.165) is 16.3 Å². The van der Waals surface area contributed by atoms with Crippen molar-refractivity contribution in [1.29, 1.82) is 0 Å². The fraction of sp³-hybridized carbons (Fsp3) is 0.231. The summed E-state index contributed by atoms with van der Waals surface area (Å²) in [5.41, 5.74) is 2.05. The second kappa shape index (κ2) is 5.64. The molecule has 0 bridgehead atoms. The number of aliphatic carboxylic acids is 1. The van der Waals surface area contributed by atoms with Crippen LogP contribution in [0.15, 0.2) is 29.6 Å². The van der Waals surface area contributed by atoms with Gasteiger partial charge in [-0.15, -0.1) is 11.3 Å². The van der Waals surface area contributed by atoms with Crippen LogP contribution in [0.2, 0.25) is 0 Å². The van der Waals surface area contributed by atoms with Crippen LogP contribution in [0.4, 0.5) is 0 Å². The third-order valence-corrected chi connectivity index (χ3v) is 3.31. The molecule has 0 aliphatic carbocycles. The first-order chi connectivity index (χ1) is 8.65. The van der Waals surface area contributed by atoms with Gasteiger partial charge in [-0.25, -0.2) is 4.98 Å². The monoisotopic (exact) mass is 263 g/mol. The zero-order valence-corrected chi connectivity index (χ0v) is 10.7. The zero-order chi connectivity index (χ0) is 13.0. The van der Waals surface area contributed by atoms with E-state index in [1.807, 2.05) is 36.6 Å². The molecule has 1 aromatic heterocycles. The van der Waals surface area contributed by atoms with Gasteiger partial charge >= 0.3 is 5.97 Å². The highest BCUT2D eigenvalue weighted by atomic mass is 32.1. The van der Waals surface area contributed by atoms with Crippen molar-refractivity contribution in [2.75, 3.05) is 6.61 Å². The highest BCUT2D eigenvalue weighted by molar-refractivity contribution is 7.13. The van der Waals surface area contributed by atoms with Gasteiger partial charge in [0.2, 0.25) is 0 Å².